The van der Waals surface area contributed by atoms with Crippen LogP contribution in [0.15, 0.2) is 30.3 Å². The second kappa shape index (κ2) is 8.15. The molecule has 0 aliphatic rings. The van der Waals surface area contributed by atoms with Crippen LogP contribution in [0, 0.1) is 0 Å². The van der Waals surface area contributed by atoms with E-state index in [1.54, 1.807) is 0 Å². The number of benzene rings is 1. The summed E-state index contributed by atoms with van der Waals surface area (Å²) in [7, 11) is 2.00. The molecule has 0 heterocycles. The van der Waals surface area contributed by atoms with Gasteiger partial charge in [0.2, 0.25) is 0 Å². The van der Waals surface area contributed by atoms with Crippen molar-refractivity contribution >= 4 is 5.97 Å². The van der Waals surface area contributed by atoms with Gasteiger partial charge in [0.25, 0.3) is 0 Å². The summed E-state index contributed by atoms with van der Waals surface area (Å²) < 4.78 is 0. The Kier molecular flexibility index (Phi) is 6.85. The van der Waals surface area contributed by atoms with E-state index < -0.39 is 11.5 Å². The van der Waals surface area contributed by atoms with E-state index in [1.807, 2.05) is 44.3 Å². The van der Waals surface area contributed by atoms with Crippen molar-refractivity contribution in [2.45, 2.75) is 45.2 Å². The van der Waals surface area contributed by atoms with Crippen LogP contribution in [0.2, 0.25) is 0 Å². The number of nitrogens with zero attached hydrogens (tertiary/aromatic N) is 1. The zero-order valence-electron chi connectivity index (χ0n) is 13.6. The smallest absolute Gasteiger partial charge is 0.329 e. The molecule has 0 bridgehead atoms. The van der Waals surface area contributed by atoms with Crippen molar-refractivity contribution in [1.82, 2.24) is 10.2 Å². The number of rotatable bonds is 9. The molecule has 118 valence electrons. The van der Waals surface area contributed by atoms with E-state index in [1.165, 1.54) is 0 Å². The Labute approximate surface area is 128 Å². The molecular formula is C17H28N2O2. The van der Waals surface area contributed by atoms with Gasteiger partial charge in [0.15, 0.2) is 5.54 Å². The van der Waals surface area contributed by atoms with Gasteiger partial charge >= 0.3 is 5.97 Å². The number of hydrogen-bond acceptors (Lipinski definition) is 3. The van der Waals surface area contributed by atoms with Crippen LogP contribution in [-0.4, -0.2) is 42.2 Å². The van der Waals surface area contributed by atoms with E-state index >= 15 is 0 Å². The molecule has 0 saturated heterocycles. The predicted molar refractivity (Wildman–Crippen MR) is 86.4 cm³/mol. The van der Waals surface area contributed by atoms with E-state index in [0.717, 1.165) is 18.4 Å². The minimum atomic E-state index is -1.06. The molecule has 1 rings (SSSR count). The largest absolute Gasteiger partial charge is 0.480 e. The molecule has 0 spiro atoms. The molecule has 2 unspecified atom stereocenters. The average Bonchev–Trinajstić information content (AvgIpc) is 2.47. The number of carbonyl (C=O) groups is 1. The van der Waals surface area contributed by atoms with Gasteiger partial charge in [0.05, 0.1) is 0 Å². The lowest BCUT2D eigenvalue weighted by Crippen LogP contribution is -2.57. The summed E-state index contributed by atoms with van der Waals surface area (Å²) in [6.07, 6.45) is 2.16. The van der Waals surface area contributed by atoms with E-state index in [9.17, 15) is 9.90 Å². The SMILES string of the molecule is CCCC(C)N(C)CC(NCC)(C(=O)O)c1ccccc1. The minimum Gasteiger partial charge on any atom is -0.480 e. The van der Waals surface area contributed by atoms with Gasteiger partial charge in [-0.3, -0.25) is 5.32 Å². The van der Waals surface area contributed by atoms with Gasteiger partial charge in [-0.15, -0.1) is 0 Å². The molecule has 21 heavy (non-hydrogen) atoms. The Morgan fingerprint density at radius 3 is 2.43 bits per heavy atom. The van der Waals surface area contributed by atoms with Gasteiger partial charge in [-0.2, -0.15) is 0 Å². The molecule has 2 N–H and O–H groups in total. The highest BCUT2D eigenvalue weighted by atomic mass is 16.4. The summed E-state index contributed by atoms with van der Waals surface area (Å²) in [4.78, 5) is 14.2. The molecule has 2 atom stereocenters. The molecule has 0 amide bonds. The predicted octanol–water partition coefficient (Wildman–Crippen LogP) is 2.70. The average molecular weight is 292 g/mol. The number of carboxylic acids is 1. The van der Waals surface area contributed by atoms with Crippen molar-refractivity contribution in [3.8, 4) is 0 Å². The fraction of sp³-hybridized carbons (Fsp3) is 0.588. The molecule has 0 aliphatic carbocycles. The van der Waals surface area contributed by atoms with Crippen LogP contribution < -0.4 is 5.32 Å². The zero-order chi connectivity index (χ0) is 15.9. The fourth-order valence-electron chi connectivity index (χ4n) is 2.71. The minimum absolute atomic E-state index is 0.357. The highest BCUT2D eigenvalue weighted by molar-refractivity contribution is 5.81. The number of likely N-dealkylation sites (N-methyl/N-ethyl adjacent to an activating group) is 2. The van der Waals surface area contributed by atoms with E-state index in [2.05, 4.69) is 24.1 Å². The molecular weight excluding hydrogens is 264 g/mol. The summed E-state index contributed by atoms with van der Waals surface area (Å²) in [6, 6.07) is 9.81. The molecule has 1 aromatic rings. The summed E-state index contributed by atoms with van der Waals surface area (Å²) in [5.41, 5.74) is -0.262. The van der Waals surface area contributed by atoms with Gasteiger partial charge in [-0.25, -0.2) is 4.79 Å². The Morgan fingerprint density at radius 2 is 1.95 bits per heavy atom. The highest BCUT2D eigenvalue weighted by Crippen LogP contribution is 2.24. The Balaban J connectivity index is 3.10. The van der Waals surface area contributed by atoms with Gasteiger partial charge in [-0.05, 0) is 32.5 Å². The van der Waals surface area contributed by atoms with Crippen LogP contribution >= 0.6 is 0 Å². The maximum Gasteiger partial charge on any atom is 0.329 e. The molecule has 1 aromatic carbocycles. The summed E-state index contributed by atoms with van der Waals surface area (Å²) in [5, 5.41) is 13.1. The number of carboxylic acid groups (broad SMARTS) is 1. The number of nitrogens with one attached hydrogen (secondary N) is 1. The lowest BCUT2D eigenvalue weighted by molar-refractivity contribution is -0.146. The molecule has 0 aliphatic heterocycles. The first-order valence-electron chi connectivity index (χ1n) is 7.72. The Hall–Kier alpha value is -1.39. The summed E-state index contributed by atoms with van der Waals surface area (Å²) >= 11 is 0. The Morgan fingerprint density at radius 1 is 1.33 bits per heavy atom. The first-order chi connectivity index (χ1) is 9.97. The normalized spacial score (nSPS) is 15.7. The van der Waals surface area contributed by atoms with E-state index in [-0.39, 0.29) is 0 Å². The third kappa shape index (κ3) is 4.29. The van der Waals surface area contributed by atoms with Crippen molar-refractivity contribution < 1.29 is 9.90 Å². The van der Waals surface area contributed by atoms with Crippen LogP contribution in [0.25, 0.3) is 0 Å². The van der Waals surface area contributed by atoms with Crippen LogP contribution in [0.4, 0.5) is 0 Å². The number of aliphatic carboxylic acids is 1. The van der Waals surface area contributed by atoms with E-state index in [4.69, 9.17) is 0 Å². The second-order valence-electron chi connectivity index (χ2n) is 5.66. The van der Waals surface area contributed by atoms with Crippen molar-refractivity contribution in [2.24, 2.45) is 0 Å². The molecule has 0 aromatic heterocycles. The molecule has 4 heteroatoms. The first kappa shape index (κ1) is 17.7. The van der Waals surface area contributed by atoms with Crippen molar-refractivity contribution in [3.05, 3.63) is 35.9 Å². The lowest BCUT2D eigenvalue weighted by Gasteiger charge is -2.37. The van der Waals surface area contributed by atoms with Gasteiger partial charge in [0.1, 0.15) is 0 Å². The molecule has 0 fully saturated rings. The van der Waals surface area contributed by atoms with Crippen LogP contribution in [0.1, 0.15) is 39.2 Å². The zero-order valence-corrected chi connectivity index (χ0v) is 13.6. The van der Waals surface area contributed by atoms with Crippen molar-refractivity contribution in [3.63, 3.8) is 0 Å². The third-order valence-electron chi connectivity index (χ3n) is 4.06. The standard InChI is InChI=1S/C17H28N2O2/c1-5-10-14(3)19(4)13-17(16(20)21,18-6-2)15-11-8-7-9-12-15/h7-9,11-12,14,18H,5-6,10,13H2,1-4H3,(H,20,21). The molecule has 0 saturated carbocycles. The van der Waals surface area contributed by atoms with Gasteiger partial charge < -0.3 is 10.0 Å². The summed E-state index contributed by atoms with van der Waals surface area (Å²) in [5.74, 6) is -0.828. The van der Waals surface area contributed by atoms with Gasteiger partial charge in [0, 0.05) is 12.6 Å². The Bertz CT molecular complexity index is 436. The maximum atomic E-state index is 12.0. The summed E-state index contributed by atoms with van der Waals surface area (Å²) in [6.45, 7) is 7.29. The molecule has 4 nitrogen and oxygen atoms in total. The second-order valence-corrected chi connectivity index (χ2v) is 5.66. The highest BCUT2D eigenvalue weighted by Gasteiger charge is 2.41. The van der Waals surface area contributed by atoms with E-state index in [0.29, 0.717) is 19.1 Å². The van der Waals surface area contributed by atoms with Gasteiger partial charge in [-0.1, -0.05) is 50.6 Å². The maximum absolute atomic E-state index is 12.0. The van der Waals surface area contributed by atoms with Crippen LogP contribution in [0.3, 0.4) is 0 Å². The monoisotopic (exact) mass is 292 g/mol. The number of hydrogen-bond donors (Lipinski definition) is 2. The van der Waals surface area contributed by atoms with Crippen LogP contribution in [-0.2, 0) is 10.3 Å². The molecule has 0 radical (unpaired) electrons. The van der Waals surface area contributed by atoms with Crippen molar-refractivity contribution in [1.29, 1.82) is 0 Å². The topological polar surface area (TPSA) is 52.6 Å². The van der Waals surface area contributed by atoms with Crippen LogP contribution in [0.5, 0.6) is 0 Å². The fourth-order valence-corrected chi connectivity index (χ4v) is 2.71. The third-order valence-corrected chi connectivity index (χ3v) is 4.06. The first-order valence-corrected chi connectivity index (χ1v) is 7.72. The lowest BCUT2D eigenvalue weighted by atomic mass is 9.88. The van der Waals surface area contributed by atoms with Crippen molar-refractivity contribution in [2.75, 3.05) is 20.1 Å². The quantitative estimate of drug-likeness (QED) is 0.735.